The van der Waals surface area contributed by atoms with Gasteiger partial charge in [0.15, 0.2) is 5.82 Å². The van der Waals surface area contributed by atoms with Crippen molar-refractivity contribution in [1.82, 2.24) is 46.3 Å². The van der Waals surface area contributed by atoms with Gasteiger partial charge in [0.25, 0.3) is 0 Å². The quantitative estimate of drug-likeness (QED) is 0.0608. The van der Waals surface area contributed by atoms with Crippen molar-refractivity contribution in [2.45, 2.75) is 70.4 Å². The summed E-state index contributed by atoms with van der Waals surface area (Å²) in [4.78, 5) is 45.5. The first-order valence-electron chi connectivity index (χ1n) is 20.7. The number of carbonyl (C=O) groups is 3. The number of carboxylic acids is 2. The first-order chi connectivity index (χ1) is 29.6. The first-order valence-corrected chi connectivity index (χ1v) is 20.7. The third-order valence-electron chi connectivity index (χ3n) is 11.4. The van der Waals surface area contributed by atoms with Gasteiger partial charge in [-0.05, 0) is 98.4 Å². The zero-order valence-electron chi connectivity index (χ0n) is 34.2. The number of benzene rings is 3. The molecule has 1 aliphatic rings. The van der Waals surface area contributed by atoms with Crippen LogP contribution in [0, 0.1) is 11.8 Å². The van der Waals surface area contributed by atoms with E-state index in [1.54, 1.807) is 29.2 Å². The summed E-state index contributed by atoms with van der Waals surface area (Å²) >= 11 is 0. The molecule has 0 spiro atoms. The highest BCUT2D eigenvalue weighted by Crippen LogP contribution is 2.34. The molecule has 5 unspecified atom stereocenters. The number of aromatic amines is 2. The highest BCUT2D eigenvalue weighted by molar-refractivity contribution is 5.94. The van der Waals surface area contributed by atoms with Gasteiger partial charge < -0.3 is 20.8 Å². The Morgan fingerprint density at radius 3 is 2.00 bits per heavy atom. The zero-order valence-corrected chi connectivity index (χ0v) is 34.2. The van der Waals surface area contributed by atoms with Gasteiger partial charge in [0.2, 0.25) is 12.1 Å². The highest BCUT2D eigenvalue weighted by Gasteiger charge is 2.38. The molecule has 316 valence electrons. The summed E-state index contributed by atoms with van der Waals surface area (Å²) in [6.07, 6.45) is 4.63. The summed E-state index contributed by atoms with van der Waals surface area (Å²) in [5.41, 5.74) is 11.5. The Balaban J connectivity index is 1.09. The zero-order chi connectivity index (χ0) is 42.9. The van der Waals surface area contributed by atoms with Crippen LogP contribution >= 0.6 is 0 Å². The summed E-state index contributed by atoms with van der Waals surface area (Å²) in [5, 5.41) is 51.1. The van der Waals surface area contributed by atoms with Crippen molar-refractivity contribution in [3.05, 3.63) is 119 Å². The number of tetrazole rings is 2. The molecule has 61 heavy (non-hydrogen) atoms. The number of anilines is 1. The van der Waals surface area contributed by atoms with Gasteiger partial charge in [-0.25, -0.2) is 4.98 Å². The number of aliphatic carboxylic acids is 2. The molecule has 17 heteroatoms. The second-order valence-electron chi connectivity index (χ2n) is 15.5. The second-order valence-corrected chi connectivity index (χ2v) is 15.5. The fourth-order valence-electron chi connectivity index (χ4n) is 8.31. The number of carbonyl (C=O) groups excluding carboxylic acids is 1. The number of nitrogens with one attached hydrogen (secondary N) is 3. The lowest BCUT2D eigenvalue weighted by Gasteiger charge is -2.31. The van der Waals surface area contributed by atoms with E-state index in [2.05, 4.69) is 47.2 Å². The van der Waals surface area contributed by atoms with Gasteiger partial charge in [-0.2, -0.15) is 5.21 Å². The van der Waals surface area contributed by atoms with Crippen LogP contribution in [0.2, 0.25) is 0 Å². The molecule has 1 saturated heterocycles. The van der Waals surface area contributed by atoms with Crippen LogP contribution in [0.3, 0.4) is 0 Å². The second kappa shape index (κ2) is 19.5. The standard InChI is InChI=1S/C44H50N12O5/c1-3-8-34(43(58)59)36(41-48-52-53-49-41)22-27-10-6-13-30(21-27)32-16-17-46-38(25-32)55-19-18-47-39(26-55)56-51-42(50-54-56)37(35(9-4-2)44(60)61)23-28-11-5-12-29(20-28)31-14-7-15-33(24-31)40(45)57/h5-7,10-17,20-21,24-25,34-37,39,47H,3-4,8-9,18-19,22-23,26H2,1-2H3,(H5,45,48,49,52,53,57,58,59,60,61)/p+1. The number of amides is 1. The molecule has 0 aliphatic carbocycles. The minimum Gasteiger partial charge on any atom is -0.481 e. The Morgan fingerprint density at radius 1 is 0.803 bits per heavy atom. The highest BCUT2D eigenvalue weighted by atomic mass is 16.4. The summed E-state index contributed by atoms with van der Waals surface area (Å²) in [7, 11) is 0. The molecule has 3 aromatic heterocycles. The Labute approximate surface area is 352 Å². The number of carboxylic acid groups (broad SMARTS) is 2. The molecule has 17 nitrogen and oxygen atoms in total. The van der Waals surface area contributed by atoms with E-state index in [4.69, 9.17) is 15.8 Å². The van der Waals surface area contributed by atoms with Crippen LogP contribution in [0.5, 0.6) is 0 Å². The molecule has 3 aromatic carbocycles. The van der Waals surface area contributed by atoms with Gasteiger partial charge in [-0.15, -0.1) is 10.2 Å². The number of hydrogen-bond acceptors (Lipinski definition) is 11. The molecule has 1 amide bonds. The van der Waals surface area contributed by atoms with E-state index >= 15 is 0 Å². The van der Waals surface area contributed by atoms with Crippen molar-refractivity contribution in [2.75, 3.05) is 24.5 Å². The van der Waals surface area contributed by atoms with Crippen molar-refractivity contribution in [3.63, 3.8) is 0 Å². The Kier molecular flexibility index (Phi) is 13.5. The third kappa shape index (κ3) is 10.1. The van der Waals surface area contributed by atoms with Gasteiger partial charge in [-0.3, -0.25) is 19.7 Å². The van der Waals surface area contributed by atoms with Crippen LogP contribution in [0.4, 0.5) is 5.82 Å². The minimum absolute atomic E-state index is 0.313. The predicted octanol–water partition coefficient (Wildman–Crippen LogP) is 4.70. The van der Waals surface area contributed by atoms with Crippen molar-refractivity contribution >= 4 is 23.7 Å². The molecule has 0 saturated carbocycles. The van der Waals surface area contributed by atoms with E-state index in [-0.39, 0.29) is 6.17 Å². The Bertz CT molecular complexity index is 2440. The summed E-state index contributed by atoms with van der Waals surface area (Å²) < 4.78 is 0. The van der Waals surface area contributed by atoms with Gasteiger partial charge >= 0.3 is 17.8 Å². The van der Waals surface area contributed by atoms with Crippen LogP contribution in [0.25, 0.3) is 22.3 Å². The van der Waals surface area contributed by atoms with E-state index in [1.165, 1.54) is 0 Å². The Morgan fingerprint density at radius 2 is 1.41 bits per heavy atom. The average molecular weight is 828 g/mol. The molecule has 7 N–H and O–H groups in total. The molecule has 6 aromatic rings. The molecule has 5 atom stereocenters. The number of nitrogens with zero attached hydrogens (tertiary/aromatic N) is 8. The van der Waals surface area contributed by atoms with Gasteiger partial charge in [0, 0.05) is 30.8 Å². The maximum atomic E-state index is 12.7. The van der Waals surface area contributed by atoms with E-state index < -0.39 is 41.5 Å². The number of rotatable bonds is 19. The number of piperazine rings is 1. The number of primary amides is 1. The lowest BCUT2D eigenvalue weighted by atomic mass is 9.83. The number of hydrogen-bond donors (Lipinski definition) is 6. The van der Waals surface area contributed by atoms with Crippen molar-refractivity contribution in [2.24, 2.45) is 17.6 Å². The monoisotopic (exact) mass is 827 g/mol. The molecule has 1 fully saturated rings. The van der Waals surface area contributed by atoms with E-state index in [0.717, 1.165) is 39.2 Å². The summed E-state index contributed by atoms with van der Waals surface area (Å²) in [6, 6.07) is 27.0. The smallest absolute Gasteiger partial charge is 0.312 e. The van der Waals surface area contributed by atoms with Gasteiger partial charge in [-0.1, -0.05) is 92.6 Å². The molecule has 7 rings (SSSR count). The lowest BCUT2D eigenvalue weighted by Crippen LogP contribution is -2.60. The van der Waals surface area contributed by atoms with Crippen LogP contribution in [0.15, 0.2) is 91.1 Å². The fraction of sp³-hybridized carbons (Fsp3) is 0.364. The SMILES string of the molecule is CCCC(C(=O)O)C(Cc1cccc(-c2ccnc(N3CCNC([n+]4nc(C(Cc5cccc(-c6cccc(C(N)=O)c6)c5)C(CCC)C(=O)O)n[nH]4)C3)c2)c1)c1nn[nH]n1. The van der Waals surface area contributed by atoms with Crippen molar-refractivity contribution in [1.29, 1.82) is 0 Å². The molecular formula is C44H51N12O5+. The third-order valence-corrected chi connectivity index (χ3v) is 11.4. The maximum Gasteiger partial charge on any atom is 0.312 e. The maximum absolute atomic E-state index is 12.7. The Hall–Kier alpha value is -6.88. The van der Waals surface area contributed by atoms with Gasteiger partial charge in [0.1, 0.15) is 5.82 Å². The largest absolute Gasteiger partial charge is 0.481 e. The van der Waals surface area contributed by atoms with E-state index in [0.29, 0.717) is 75.4 Å². The number of pyridine rings is 1. The van der Waals surface area contributed by atoms with E-state index in [9.17, 15) is 24.6 Å². The normalized spacial score (nSPS) is 16.1. The molecule has 4 heterocycles. The van der Waals surface area contributed by atoms with Crippen molar-refractivity contribution < 1.29 is 29.4 Å². The molecule has 0 bridgehead atoms. The first kappa shape index (κ1) is 42.3. The fourth-order valence-corrected chi connectivity index (χ4v) is 8.31. The van der Waals surface area contributed by atoms with Crippen LogP contribution in [-0.4, -0.2) is 88.7 Å². The average Bonchev–Trinajstić information content (AvgIpc) is 4.00. The number of aromatic nitrogens is 9. The number of H-pyrrole nitrogens is 2. The predicted molar refractivity (Wildman–Crippen MR) is 225 cm³/mol. The van der Waals surface area contributed by atoms with Crippen LogP contribution in [-0.2, 0) is 22.4 Å². The van der Waals surface area contributed by atoms with E-state index in [1.807, 2.05) is 74.5 Å². The van der Waals surface area contributed by atoms with Gasteiger partial charge in [0.05, 0.1) is 29.4 Å². The van der Waals surface area contributed by atoms with Crippen LogP contribution in [0.1, 0.15) is 90.7 Å². The summed E-state index contributed by atoms with van der Waals surface area (Å²) in [6.45, 7) is 5.76. The molecule has 1 aliphatic heterocycles. The van der Waals surface area contributed by atoms with Crippen LogP contribution < -0.4 is 20.7 Å². The number of nitrogens with two attached hydrogens (primary N) is 1. The topological polar surface area (TPSA) is 246 Å². The van der Waals surface area contributed by atoms with Crippen molar-refractivity contribution in [3.8, 4) is 22.3 Å². The summed E-state index contributed by atoms with van der Waals surface area (Å²) in [5.74, 6) is -3.08. The molecule has 0 radical (unpaired) electrons. The minimum atomic E-state index is -0.903. The molecular weight excluding hydrogens is 777 g/mol. The lowest BCUT2D eigenvalue weighted by molar-refractivity contribution is -0.830.